The summed E-state index contributed by atoms with van der Waals surface area (Å²) in [7, 11) is 0. The van der Waals surface area contributed by atoms with Gasteiger partial charge in [-0.15, -0.1) is 0 Å². The highest BCUT2D eigenvalue weighted by atomic mass is 19.1. The van der Waals surface area contributed by atoms with Crippen LogP contribution in [0.15, 0.2) is 24.3 Å². The molecule has 0 fully saturated rings. The predicted molar refractivity (Wildman–Crippen MR) is 107 cm³/mol. The molecule has 2 rings (SSSR count). The number of Topliss-reactive ketones (excluding diaryl/α,β-unsaturated/α-hetero) is 1. The van der Waals surface area contributed by atoms with Gasteiger partial charge in [0, 0.05) is 18.1 Å². The summed E-state index contributed by atoms with van der Waals surface area (Å²) in [6.07, 6.45) is 2.97. The Hall–Kier alpha value is -3.29. The molecule has 0 saturated heterocycles. The fourth-order valence-electron chi connectivity index (χ4n) is 3.06. The molecule has 0 aliphatic rings. The van der Waals surface area contributed by atoms with Gasteiger partial charge in [0.05, 0.1) is 12.2 Å². The number of hydrogen-bond donors (Lipinski definition) is 4. The van der Waals surface area contributed by atoms with Crippen LogP contribution in [0.25, 0.3) is 0 Å². The number of hydrogen-bond acceptors (Lipinski definition) is 6. The molecule has 0 unspecified atom stereocenters. The quantitative estimate of drug-likeness (QED) is 0.241. The van der Waals surface area contributed by atoms with E-state index in [1.165, 1.54) is 12.1 Å². The second-order valence-corrected chi connectivity index (χ2v) is 6.90. The summed E-state index contributed by atoms with van der Waals surface area (Å²) < 4.78 is 19.4. The first kappa shape index (κ1) is 23.0. The third-order valence-corrected chi connectivity index (χ3v) is 4.64. The van der Waals surface area contributed by atoms with Crippen molar-refractivity contribution in [3.63, 3.8) is 0 Å². The summed E-state index contributed by atoms with van der Waals surface area (Å²) in [6, 6.07) is 4.44. The van der Waals surface area contributed by atoms with Gasteiger partial charge in [-0.2, -0.15) is 0 Å². The maximum Gasteiger partial charge on any atom is 0.339 e. The predicted octanol–water partition coefficient (Wildman–Crippen LogP) is 4.42. The van der Waals surface area contributed by atoms with Crippen LogP contribution in [0.3, 0.4) is 0 Å². The topological polar surface area (TPSA) is 124 Å². The van der Waals surface area contributed by atoms with E-state index in [-0.39, 0.29) is 23.3 Å². The molecule has 0 bridgehead atoms. The minimum Gasteiger partial charge on any atom is -0.507 e. The third kappa shape index (κ3) is 5.62. The minimum atomic E-state index is -1.21. The van der Waals surface area contributed by atoms with Gasteiger partial charge in [0.2, 0.25) is 0 Å². The number of rotatable bonds is 11. The number of carboxylic acids is 1. The smallest absolute Gasteiger partial charge is 0.339 e. The molecule has 7 nitrogen and oxygen atoms in total. The Morgan fingerprint density at radius 2 is 1.70 bits per heavy atom. The Morgan fingerprint density at radius 3 is 2.37 bits per heavy atom. The molecule has 0 spiro atoms. The molecule has 0 saturated carbocycles. The fraction of sp³-hybridized carbons (Fsp3) is 0.364. The molecular formula is C22H25FO7. The Morgan fingerprint density at radius 1 is 1.00 bits per heavy atom. The number of ketones is 1. The zero-order chi connectivity index (χ0) is 22.3. The first-order chi connectivity index (χ1) is 14.3. The van der Waals surface area contributed by atoms with E-state index in [9.17, 15) is 29.3 Å². The van der Waals surface area contributed by atoms with Gasteiger partial charge in [0.15, 0.2) is 17.3 Å². The molecule has 8 heteroatoms. The van der Waals surface area contributed by atoms with Gasteiger partial charge in [-0.3, -0.25) is 4.79 Å². The molecule has 2 aromatic carbocycles. The normalized spacial score (nSPS) is 10.7. The molecule has 0 atom stereocenters. The molecule has 0 heterocycles. The van der Waals surface area contributed by atoms with Crippen molar-refractivity contribution in [1.29, 1.82) is 0 Å². The second kappa shape index (κ2) is 10.5. The van der Waals surface area contributed by atoms with Crippen molar-refractivity contribution < 1.29 is 39.1 Å². The third-order valence-electron chi connectivity index (χ3n) is 4.64. The number of phenolic OH excluding ortho intramolecular Hbond substituents is 2. The fourth-order valence-corrected chi connectivity index (χ4v) is 3.06. The highest BCUT2D eigenvalue weighted by molar-refractivity contribution is 5.97. The van der Waals surface area contributed by atoms with Crippen LogP contribution < -0.4 is 4.74 Å². The summed E-state index contributed by atoms with van der Waals surface area (Å²) in [6.45, 7) is 2.22. The summed E-state index contributed by atoms with van der Waals surface area (Å²) in [5.74, 6) is -3.59. The number of carbonyl (C=O) groups is 2. The van der Waals surface area contributed by atoms with Crippen LogP contribution in [0.1, 0.15) is 65.3 Å². The van der Waals surface area contributed by atoms with Crippen LogP contribution in [0.2, 0.25) is 0 Å². The van der Waals surface area contributed by atoms with Crippen molar-refractivity contribution in [2.24, 2.45) is 0 Å². The van der Waals surface area contributed by atoms with E-state index in [0.29, 0.717) is 56.1 Å². The van der Waals surface area contributed by atoms with Gasteiger partial charge in [0.1, 0.15) is 22.9 Å². The summed E-state index contributed by atoms with van der Waals surface area (Å²) in [5, 5.41) is 37.9. The maximum atomic E-state index is 13.7. The van der Waals surface area contributed by atoms with Crippen molar-refractivity contribution in [1.82, 2.24) is 0 Å². The lowest BCUT2D eigenvalue weighted by Gasteiger charge is -2.14. The van der Waals surface area contributed by atoms with E-state index in [4.69, 9.17) is 9.84 Å². The van der Waals surface area contributed by atoms with E-state index in [1.807, 2.05) is 6.92 Å². The molecule has 0 aliphatic carbocycles. The average Bonchev–Trinajstić information content (AvgIpc) is 2.69. The zero-order valence-electron chi connectivity index (χ0n) is 16.7. The van der Waals surface area contributed by atoms with E-state index >= 15 is 0 Å². The van der Waals surface area contributed by atoms with E-state index in [2.05, 4.69) is 0 Å². The molecule has 4 N–H and O–H groups in total. The zero-order valence-corrected chi connectivity index (χ0v) is 16.7. The molecule has 0 radical (unpaired) electrons. The molecule has 162 valence electrons. The van der Waals surface area contributed by atoms with Gasteiger partial charge in [-0.05, 0) is 43.9 Å². The van der Waals surface area contributed by atoms with Crippen molar-refractivity contribution in [3.05, 3.63) is 46.8 Å². The van der Waals surface area contributed by atoms with Crippen LogP contribution >= 0.6 is 0 Å². The van der Waals surface area contributed by atoms with E-state index < -0.39 is 29.1 Å². The first-order valence-corrected chi connectivity index (χ1v) is 9.71. The number of phenols is 3. The molecule has 0 aromatic heterocycles. The second-order valence-electron chi connectivity index (χ2n) is 6.90. The van der Waals surface area contributed by atoms with Crippen molar-refractivity contribution in [3.8, 4) is 23.0 Å². The standard InChI is InChI=1S/C22H25FO7/c1-2-6-13-20(9-8-14(21(13)27)22(28)29)30-10-5-3-4-7-17(24)15-11-18(25)19(26)12-16(15)23/h8-9,11-12,25-27H,2-7,10H2,1H3,(H,28,29). The summed E-state index contributed by atoms with van der Waals surface area (Å²) >= 11 is 0. The molecule has 30 heavy (non-hydrogen) atoms. The van der Waals surface area contributed by atoms with Gasteiger partial charge < -0.3 is 25.2 Å². The van der Waals surface area contributed by atoms with E-state index in [0.717, 1.165) is 6.07 Å². The van der Waals surface area contributed by atoms with Crippen LogP contribution in [0, 0.1) is 5.82 Å². The Kier molecular flexibility index (Phi) is 8.03. The summed E-state index contributed by atoms with van der Waals surface area (Å²) in [5.41, 5.74) is 0.0201. The van der Waals surface area contributed by atoms with Gasteiger partial charge >= 0.3 is 5.97 Å². The maximum absolute atomic E-state index is 13.7. The average molecular weight is 420 g/mol. The number of carboxylic acid groups (broad SMARTS) is 1. The number of carbonyl (C=O) groups excluding carboxylic acids is 1. The lowest BCUT2D eigenvalue weighted by molar-refractivity contribution is 0.0693. The number of unbranched alkanes of at least 4 members (excludes halogenated alkanes) is 2. The van der Waals surface area contributed by atoms with Crippen molar-refractivity contribution in [2.75, 3.05) is 6.61 Å². The van der Waals surface area contributed by atoms with Gasteiger partial charge in [-0.25, -0.2) is 9.18 Å². The molecule has 0 amide bonds. The number of aromatic carboxylic acids is 1. The van der Waals surface area contributed by atoms with Gasteiger partial charge in [-0.1, -0.05) is 13.3 Å². The van der Waals surface area contributed by atoms with Crippen molar-refractivity contribution >= 4 is 11.8 Å². The lowest BCUT2D eigenvalue weighted by atomic mass is 10.0. The molecule has 0 aliphatic heterocycles. The molecule has 2 aromatic rings. The van der Waals surface area contributed by atoms with Crippen molar-refractivity contribution in [2.45, 2.75) is 45.4 Å². The SMILES string of the molecule is CCCc1c(OCCCCCC(=O)c2cc(O)c(O)cc2F)ccc(C(=O)O)c1O. The van der Waals surface area contributed by atoms with Crippen LogP contribution in [-0.2, 0) is 6.42 Å². The van der Waals surface area contributed by atoms with Crippen LogP contribution in [0.4, 0.5) is 4.39 Å². The molecular weight excluding hydrogens is 395 g/mol. The monoisotopic (exact) mass is 420 g/mol. The first-order valence-electron chi connectivity index (χ1n) is 9.71. The number of aromatic hydroxyl groups is 3. The Balaban J connectivity index is 1.84. The Labute approximate surface area is 173 Å². The van der Waals surface area contributed by atoms with Crippen LogP contribution in [0.5, 0.6) is 23.0 Å². The largest absolute Gasteiger partial charge is 0.507 e. The number of halogens is 1. The summed E-state index contributed by atoms with van der Waals surface area (Å²) in [4.78, 5) is 23.2. The van der Waals surface area contributed by atoms with Gasteiger partial charge in [0.25, 0.3) is 0 Å². The van der Waals surface area contributed by atoms with Crippen LogP contribution in [-0.4, -0.2) is 38.8 Å². The number of ether oxygens (including phenoxy) is 1. The highest BCUT2D eigenvalue weighted by Crippen LogP contribution is 2.33. The Bertz CT molecular complexity index is 924. The lowest BCUT2D eigenvalue weighted by Crippen LogP contribution is -2.05. The van der Waals surface area contributed by atoms with E-state index in [1.54, 1.807) is 0 Å². The minimum absolute atomic E-state index is 0.0797. The highest BCUT2D eigenvalue weighted by Gasteiger charge is 2.18. The number of benzene rings is 2.